The van der Waals surface area contributed by atoms with Crippen LogP contribution in [0.5, 0.6) is 11.5 Å². The fourth-order valence-corrected chi connectivity index (χ4v) is 5.84. The maximum atomic E-state index is 6.53. The fraction of sp³-hybridized carbons (Fsp3) is 0.368. The third-order valence-electron chi connectivity index (χ3n) is 4.01. The van der Waals surface area contributed by atoms with E-state index in [4.69, 9.17) is 20.6 Å². The summed E-state index contributed by atoms with van der Waals surface area (Å²) in [4.78, 5) is 1.97. The predicted octanol–water partition coefficient (Wildman–Crippen LogP) is 5.55. The van der Waals surface area contributed by atoms with Gasteiger partial charge < -0.3 is 9.47 Å². The van der Waals surface area contributed by atoms with Gasteiger partial charge in [-0.05, 0) is 53.4 Å². The highest BCUT2D eigenvalue weighted by Crippen LogP contribution is 2.35. The molecule has 1 saturated heterocycles. The zero-order chi connectivity index (χ0) is 18.0. The summed E-state index contributed by atoms with van der Waals surface area (Å²) in [6, 6.07) is 18.7. The molecule has 0 N–H and O–H groups in total. The molecule has 1 heterocycles. The van der Waals surface area contributed by atoms with E-state index >= 15 is 0 Å². The van der Waals surface area contributed by atoms with Crippen LogP contribution in [0.15, 0.2) is 48.5 Å². The summed E-state index contributed by atoms with van der Waals surface area (Å²) >= 11 is 8.68. The number of hydrogen-bond donors (Lipinski definition) is 0. The van der Waals surface area contributed by atoms with Crippen molar-refractivity contribution in [2.24, 2.45) is 0 Å². The lowest BCUT2D eigenvalue weighted by Crippen LogP contribution is -2.47. The molecule has 0 spiro atoms. The van der Waals surface area contributed by atoms with E-state index in [-0.39, 0.29) is 0 Å². The van der Waals surface area contributed by atoms with Crippen LogP contribution in [0.1, 0.15) is 12.0 Å². The topological polar surface area (TPSA) is 18.5 Å². The first-order chi connectivity index (χ1) is 11.6. The van der Waals surface area contributed by atoms with E-state index in [0.29, 0.717) is 0 Å². The molecule has 0 aromatic heterocycles. The molecule has 24 heavy (non-hydrogen) atoms. The normalized spacial score (nSPS) is 14.1. The molecule has 0 amide bonds. The molecule has 0 saturated carbocycles. The van der Waals surface area contributed by atoms with Gasteiger partial charge >= 0.3 is 0 Å². The smallest absolute Gasteiger partial charge is 0.186 e. The molecule has 132 valence electrons. The van der Waals surface area contributed by atoms with Crippen LogP contribution in [-0.4, -0.2) is 26.5 Å². The molecule has 5 heteroatoms. The molecular formula is C19H26ClIO2Si. The van der Waals surface area contributed by atoms with Crippen LogP contribution in [-0.2, 0) is 0 Å². The van der Waals surface area contributed by atoms with Gasteiger partial charge in [-0.2, -0.15) is 11.1 Å². The van der Waals surface area contributed by atoms with Crippen LogP contribution >= 0.6 is 33.7 Å². The van der Waals surface area contributed by atoms with Crippen molar-refractivity contribution >= 4 is 46.2 Å². The van der Waals surface area contributed by atoms with E-state index in [9.17, 15) is 0 Å². The predicted molar refractivity (Wildman–Crippen MR) is 116 cm³/mol. The van der Waals surface area contributed by atoms with E-state index in [2.05, 4.69) is 41.6 Å². The summed E-state index contributed by atoms with van der Waals surface area (Å²) < 4.78 is 10.1. The van der Waals surface area contributed by atoms with E-state index in [1.165, 1.54) is 29.3 Å². The van der Waals surface area contributed by atoms with Crippen LogP contribution in [0.25, 0.3) is 0 Å². The van der Waals surface area contributed by atoms with E-state index in [1.807, 2.05) is 41.3 Å². The Morgan fingerprint density at radius 2 is 1.25 bits per heavy atom. The zero-order valence-electron chi connectivity index (χ0n) is 14.8. The van der Waals surface area contributed by atoms with Crippen LogP contribution < -0.4 is 14.7 Å². The minimum Gasteiger partial charge on any atom is -0.497 e. The molecule has 0 bridgehead atoms. The SMILES string of the molecule is CI.COc1ccc(C)cc1.COc1ccc([Si]2(Cl)CCC2)cc1. The van der Waals surface area contributed by atoms with Gasteiger partial charge in [0.25, 0.3) is 0 Å². The van der Waals surface area contributed by atoms with Gasteiger partial charge in [0.05, 0.1) is 14.2 Å². The first-order valence-corrected chi connectivity index (χ1v) is 13.5. The molecule has 1 aliphatic heterocycles. The van der Waals surface area contributed by atoms with Crippen molar-refractivity contribution in [1.82, 2.24) is 0 Å². The molecular weight excluding hydrogens is 451 g/mol. The Morgan fingerprint density at radius 3 is 1.58 bits per heavy atom. The molecule has 0 radical (unpaired) electrons. The Labute approximate surface area is 165 Å². The third kappa shape index (κ3) is 6.30. The highest BCUT2D eigenvalue weighted by Gasteiger charge is 2.39. The number of alkyl halides is 1. The summed E-state index contributed by atoms with van der Waals surface area (Å²) in [6.45, 7) is 2.06. The van der Waals surface area contributed by atoms with Crippen LogP contribution in [0.3, 0.4) is 0 Å². The number of aryl methyl sites for hydroxylation is 1. The quantitative estimate of drug-likeness (QED) is 0.250. The van der Waals surface area contributed by atoms with E-state index < -0.39 is 7.38 Å². The van der Waals surface area contributed by atoms with Crippen molar-refractivity contribution in [2.75, 3.05) is 19.2 Å². The van der Waals surface area contributed by atoms with Gasteiger partial charge in [0.1, 0.15) is 11.5 Å². The van der Waals surface area contributed by atoms with E-state index in [1.54, 1.807) is 14.2 Å². The van der Waals surface area contributed by atoms with Crippen molar-refractivity contribution in [2.45, 2.75) is 25.4 Å². The van der Waals surface area contributed by atoms with Crippen molar-refractivity contribution in [1.29, 1.82) is 0 Å². The number of benzene rings is 2. The van der Waals surface area contributed by atoms with Gasteiger partial charge in [-0.25, -0.2) is 0 Å². The lowest BCUT2D eigenvalue weighted by molar-refractivity contribution is 0.414. The Morgan fingerprint density at radius 1 is 0.833 bits per heavy atom. The number of rotatable bonds is 3. The standard InChI is InChI=1S/C10H13ClOSi.C8H10O.CH3I/c1-12-9-3-5-10(6-4-9)13(11)7-2-8-13;1-7-3-5-8(9-2)6-4-7;1-2/h3-6H,2,7-8H2,1H3;3-6H,1-2H3;1H3. The van der Waals surface area contributed by atoms with Crippen LogP contribution in [0.4, 0.5) is 0 Å². The second-order valence-corrected chi connectivity index (χ2v) is 11.2. The molecule has 2 aromatic rings. The summed E-state index contributed by atoms with van der Waals surface area (Å²) in [7, 11) is 1.87. The summed E-state index contributed by atoms with van der Waals surface area (Å²) in [5.74, 6) is 1.83. The van der Waals surface area contributed by atoms with Gasteiger partial charge in [0.15, 0.2) is 7.38 Å². The lowest BCUT2D eigenvalue weighted by atomic mass is 10.2. The Bertz CT molecular complexity index is 583. The second-order valence-electron chi connectivity index (χ2n) is 5.56. The maximum absolute atomic E-state index is 6.53. The average molecular weight is 477 g/mol. The third-order valence-corrected chi connectivity index (χ3v) is 9.46. The molecule has 1 fully saturated rings. The van der Waals surface area contributed by atoms with Gasteiger partial charge in [-0.15, -0.1) is 0 Å². The average Bonchev–Trinajstić information content (AvgIpc) is 2.63. The number of methoxy groups -OCH3 is 2. The molecule has 1 aliphatic rings. The number of hydrogen-bond acceptors (Lipinski definition) is 2. The molecule has 0 unspecified atom stereocenters. The Kier molecular flexibility index (Phi) is 9.77. The van der Waals surface area contributed by atoms with Gasteiger partial charge in [-0.3, -0.25) is 0 Å². The largest absolute Gasteiger partial charge is 0.497 e. The maximum Gasteiger partial charge on any atom is 0.186 e. The first kappa shape index (κ1) is 21.3. The number of ether oxygens (including phenoxy) is 2. The minimum absolute atomic E-state index is 0.914. The summed E-state index contributed by atoms with van der Waals surface area (Å²) in [5, 5.41) is 1.36. The molecule has 3 rings (SSSR count). The Balaban J connectivity index is 0.000000230. The highest BCUT2D eigenvalue weighted by atomic mass is 127. The van der Waals surface area contributed by atoms with Crippen molar-refractivity contribution in [3.63, 3.8) is 0 Å². The molecule has 0 atom stereocenters. The molecule has 2 aromatic carbocycles. The Hall–Kier alpha value is -0.723. The van der Waals surface area contributed by atoms with Crippen LogP contribution in [0.2, 0.25) is 12.1 Å². The lowest BCUT2D eigenvalue weighted by Gasteiger charge is -2.33. The highest BCUT2D eigenvalue weighted by molar-refractivity contribution is 14.1. The van der Waals surface area contributed by atoms with Crippen LogP contribution in [0, 0.1) is 6.92 Å². The van der Waals surface area contributed by atoms with Gasteiger partial charge in [-0.1, -0.05) is 58.8 Å². The molecule has 0 aliphatic carbocycles. The zero-order valence-corrected chi connectivity index (χ0v) is 18.7. The monoisotopic (exact) mass is 476 g/mol. The van der Waals surface area contributed by atoms with Gasteiger partial charge in [0, 0.05) is 0 Å². The van der Waals surface area contributed by atoms with Crippen molar-refractivity contribution in [3.8, 4) is 11.5 Å². The first-order valence-electron chi connectivity index (χ1n) is 7.89. The minimum atomic E-state index is -1.49. The van der Waals surface area contributed by atoms with E-state index in [0.717, 1.165) is 11.5 Å². The fourth-order valence-electron chi connectivity index (χ4n) is 2.34. The molecule has 2 nitrogen and oxygen atoms in total. The number of halogens is 2. The van der Waals surface area contributed by atoms with Crippen molar-refractivity contribution < 1.29 is 9.47 Å². The van der Waals surface area contributed by atoms with Crippen molar-refractivity contribution in [3.05, 3.63) is 54.1 Å². The van der Waals surface area contributed by atoms with Gasteiger partial charge in [0.2, 0.25) is 0 Å². The summed E-state index contributed by atoms with van der Waals surface area (Å²) in [6.07, 6.45) is 1.31. The second kappa shape index (κ2) is 11.0. The summed E-state index contributed by atoms with van der Waals surface area (Å²) in [5.41, 5.74) is 1.26.